The van der Waals surface area contributed by atoms with E-state index in [2.05, 4.69) is 40.2 Å². The molecule has 2 fully saturated rings. The average molecular weight is 478 g/mol. The van der Waals surface area contributed by atoms with Crippen LogP contribution in [0.3, 0.4) is 0 Å². The fraction of sp³-hybridized carbons (Fsp3) is 0.519. The summed E-state index contributed by atoms with van der Waals surface area (Å²) in [5.41, 5.74) is 4.20. The number of amides is 3. The summed E-state index contributed by atoms with van der Waals surface area (Å²) in [5.74, 6) is 0.510. The van der Waals surface area contributed by atoms with Crippen LogP contribution in [0.25, 0.3) is 0 Å². The van der Waals surface area contributed by atoms with Gasteiger partial charge >= 0.3 is 0 Å². The minimum atomic E-state index is -0.146. The van der Waals surface area contributed by atoms with Crippen LogP contribution in [0.5, 0.6) is 0 Å². The van der Waals surface area contributed by atoms with Gasteiger partial charge in [0.15, 0.2) is 0 Å². The van der Waals surface area contributed by atoms with Gasteiger partial charge in [-0.3, -0.25) is 14.4 Å². The minimum absolute atomic E-state index is 0.0185. The third kappa shape index (κ3) is 4.50. The Kier molecular flexibility index (Phi) is 5.68. The second-order valence-corrected chi connectivity index (χ2v) is 11.6. The van der Waals surface area contributed by atoms with Crippen LogP contribution in [-0.4, -0.2) is 30.3 Å². The lowest BCUT2D eigenvalue weighted by Crippen LogP contribution is -2.41. The maximum absolute atomic E-state index is 13.2. The number of fused-ring (bicyclic) bond motifs is 2. The van der Waals surface area contributed by atoms with Crippen LogP contribution in [0.4, 0.5) is 5.00 Å². The van der Waals surface area contributed by atoms with Gasteiger partial charge in [-0.05, 0) is 80.4 Å². The summed E-state index contributed by atoms with van der Waals surface area (Å²) in [6.45, 7) is 0.686. The summed E-state index contributed by atoms with van der Waals surface area (Å²) in [7, 11) is 0. The Hall–Kier alpha value is -2.67. The largest absolute Gasteiger partial charge is 0.352 e. The Balaban J connectivity index is 1.18. The topological polar surface area (TPSA) is 87.3 Å². The highest BCUT2D eigenvalue weighted by Gasteiger charge is 2.36. The first kappa shape index (κ1) is 21.8. The fourth-order valence-corrected chi connectivity index (χ4v) is 6.57. The van der Waals surface area contributed by atoms with Crippen molar-refractivity contribution >= 4 is 34.1 Å². The van der Waals surface area contributed by atoms with E-state index in [1.54, 1.807) is 0 Å². The van der Waals surface area contributed by atoms with E-state index in [-0.39, 0.29) is 35.6 Å². The zero-order chi connectivity index (χ0) is 23.2. The van der Waals surface area contributed by atoms with Crippen LogP contribution < -0.4 is 16.0 Å². The van der Waals surface area contributed by atoms with Gasteiger partial charge in [0, 0.05) is 29.3 Å². The molecule has 1 unspecified atom stereocenters. The predicted molar refractivity (Wildman–Crippen MR) is 132 cm³/mol. The molecule has 7 heteroatoms. The van der Waals surface area contributed by atoms with E-state index in [9.17, 15) is 14.4 Å². The molecule has 2 aromatic rings. The maximum atomic E-state index is 13.2. The van der Waals surface area contributed by atoms with Crippen molar-refractivity contribution in [1.29, 1.82) is 0 Å². The normalized spacial score (nSPS) is 21.5. The van der Waals surface area contributed by atoms with Crippen molar-refractivity contribution in [3.05, 3.63) is 51.4 Å². The average Bonchev–Trinajstić information content (AvgIpc) is 3.75. The Morgan fingerprint density at radius 1 is 0.882 bits per heavy atom. The molecule has 0 radical (unpaired) electrons. The molecule has 6 rings (SSSR count). The highest BCUT2D eigenvalue weighted by Crippen LogP contribution is 2.41. The molecule has 4 aliphatic carbocycles. The van der Waals surface area contributed by atoms with Crippen LogP contribution in [0.2, 0.25) is 0 Å². The van der Waals surface area contributed by atoms with Gasteiger partial charge in [-0.25, -0.2) is 0 Å². The number of hydrogen-bond acceptors (Lipinski definition) is 4. The second-order valence-electron chi connectivity index (χ2n) is 10.4. The monoisotopic (exact) mass is 477 g/mol. The number of benzene rings is 1. The van der Waals surface area contributed by atoms with Crippen molar-refractivity contribution in [1.82, 2.24) is 10.6 Å². The van der Waals surface area contributed by atoms with Crippen molar-refractivity contribution in [2.24, 2.45) is 17.8 Å². The first-order chi connectivity index (χ1) is 16.5. The number of carbonyl (C=O) groups excluding carboxylic acids is 3. The predicted octanol–water partition coefficient (Wildman–Crippen LogP) is 3.62. The Labute approximate surface area is 203 Å². The first-order valence-electron chi connectivity index (χ1n) is 12.7. The van der Waals surface area contributed by atoms with Gasteiger partial charge in [-0.2, -0.15) is 0 Å². The van der Waals surface area contributed by atoms with Crippen molar-refractivity contribution in [2.75, 3.05) is 11.9 Å². The second kappa shape index (κ2) is 8.84. The van der Waals surface area contributed by atoms with E-state index in [0.717, 1.165) is 49.0 Å². The zero-order valence-electron chi connectivity index (χ0n) is 19.3. The molecular weight excluding hydrogens is 446 g/mol. The van der Waals surface area contributed by atoms with Crippen LogP contribution in [0.1, 0.15) is 64.0 Å². The Bertz CT molecular complexity index is 1120. The molecule has 178 valence electrons. The lowest BCUT2D eigenvalue weighted by atomic mass is 9.85. The molecule has 0 spiro atoms. The molecule has 6 nitrogen and oxygen atoms in total. The molecule has 4 aliphatic rings. The van der Waals surface area contributed by atoms with Crippen LogP contribution in [-0.2, 0) is 35.3 Å². The molecule has 1 heterocycles. The lowest BCUT2D eigenvalue weighted by molar-refractivity contribution is -0.126. The molecule has 2 saturated carbocycles. The van der Waals surface area contributed by atoms with E-state index < -0.39 is 0 Å². The number of thiophene rings is 1. The first-order valence-corrected chi connectivity index (χ1v) is 13.5. The summed E-state index contributed by atoms with van der Waals surface area (Å²) >= 11 is 1.53. The zero-order valence-corrected chi connectivity index (χ0v) is 20.1. The van der Waals surface area contributed by atoms with E-state index in [1.807, 2.05) is 0 Å². The SMILES string of the molecule is O=C(NCC1CC1)c1c(NC(=O)C2CC2)sc2c1CC(C(=O)NC1Cc3ccccc3C1)CC2. The fourth-order valence-electron chi connectivity index (χ4n) is 5.32. The third-order valence-corrected chi connectivity index (χ3v) is 8.90. The molecule has 34 heavy (non-hydrogen) atoms. The van der Waals surface area contributed by atoms with Crippen molar-refractivity contribution < 1.29 is 14.4 Å². The highest BCUT2D eigenvalue weighted by atomic mass is 32.1. The lowest BCUT2D eigenvalue weighted by Gasteiger charge is -2.24. The highest BCUT2D eigenvalue weighted by molar-refractivity contribution is 7.17. The number of rotatable bonds is 7. The molecule has 0 aliphatic heterocycles. The van der Waals surface area contributed by atoms with Crippen LogP contribution in [0, 0.1) is 17.8 Å². The molecule has 0 saturated heterocycles. The van der Waals surface area contributed by atoms with Crippen molar-refractivity contribution in [3.63, 3.8) is 0 Å². The summed E-state index contributed by atoms with van der Waals surface area (Å²) < 4.78 is 0. The molecule has 1 aromatic heterocycles. The van der Waals surface area contributed by atoms with E-state index in [0.29, 0.717) is 29.4 Å². The summed E-state index contributed by atoms with van der Waals surface area (Å²) in [6, 6.07) is 8.53. The third-order valence-electron chi connectivity index (χ3n) is 7.69. The number of aryl methyl sites for hydroxylation is 1. The molecular formula is C27H31N3O3S. The summed E-state index contributed by atoms with van der Waals surface area (Å²) in [4.78, 5) is 40.1. The maximum Gasteiger partial charge on any atom is 0.254 e. The number of nitrogens with one attached hydrogen (secondary N) is 3. The number of hydrogen-bond donors (Lipinski definition) is 3. The Morgan fingerprint density at radius 2 is 1.62 bits per heavy atom. The van der Waals surface area contributed by atoms with Gasteiger partial charge in [-0.1, -0.05) is 24.3 Å². The van der Waals surface area contributed by atoms with Gasteiger partial charge in [0.25, 0.3) is 5.91 Å². The van der Waals surface area contributed by atoms with Crippen LogP contribution in [0.15, 0.2) is 24.3 Å². The van der Waals surface area contributed by atoms with E-state index >= 15 is 0 Å². The van der Waals surface area contributed by atoms with Gasteiger partial charge < -0.3 is 16.0 Å². The molecule has 1 atom stereocenters. The van der Waals surface area contributed by atoms with Gasteiger partial charge in [0.05, 0.1) is 5.56 Å². The van der Waals surface area contributed by atoms with Crippen LogP contribution >= 0.6 is 11.3 Å². The Morgan fingerprint density at radius 3 is 2.29 bits per heavy atom. The molecule has 1 aromatic carbocycles. The smallest absolute Gasteiger partial charge is 0.254 e. The molecule has 3 amide bonds. The summed E-state index contributed by atoms with van der Waals surface area (Å²) in [6.07, 6.45) is 8.04. The van der Waals surface area contributed by atoms with Gasteiger partial charge in [-0.15, -0.1) is 11.3 Å². The quantitative estimate of drug-likeness (QED) is 0.569. The molecule has 0 bridgehead atoms. The number of anilines is 1. The standard InChI is InChI=1S/C27H31N3O3S/c31-24(16-7-8-16)30-27-23(26(33)28-14-15-5-6-15)21-13-19(9-10-22(21)34-27)25(32)29-20-11-17-3-1-2-4-18(17)12-20/h1-4,15-16,19-20H,5-14H2,(H,28,33)(H,29,32)(H,30,31). The van der Waals surface area contributed by atoms with Gasteiger partial charge in [0.1, 0.15) is 5.00 Å². The van der Waals surface area contributed by atoms with E-state index in [1.165, 1.54) is 35.3 Å². The van der Waals surface area contributed by atoms with Crippen molar-refractivity contribution in [2.45, 2.75) is 63.8 Å². The summed E-state index contributed by atoms with van der Waals surface area (Å²) in [5, 5.41) is 10.1. The minimum Gasteiger partial charge on any atom is -0.352 e. The van der Waals surface area contributed by atoms with Gasteiger partial charge in [0.2, 0.25) is 11.8 Å². The van der Waals surface area contributed by atoms with Crippen molar-refractivity contribution in [3.8, 4) is 0 Å². The molecule has 3 N–H and O–H groups in total. The number of carbonyl (C=O) groups is 3. The van der Waals surface area contributed by atoms with E-state index in [4.69, 9.17) is 0 Å².